The number of fused-ring (bicyclic) bond motifs is 1. The van der Waals surface area contributed by atoms with E-state index in [1.807, 2.05) is 0 Å². The molecule has 0 spiro atoms. The zero-order chi connectivity index (χ0) is 51.9. The van der Waals surface area contributed by atoms with E-state index < -0.39 is 170 Å². The summed E-state index contributed by atoms with van der Waals surface area (Å²) in [6.07, 6.45) is -31.2. The van der Waals surface area contributed by atoms with Crippen LogP contribution in [0.3, 0.4) is 0 Å². The van der Waals surface area contributed by atoms with Crippen molar-refractivity contribution in [2.75, 3.05) is 13.2 Å². The van der Waals surface area contributed by atoms with Gasteiger partial charge in [0, 0.05) is 23.8 Å². The number of hydrogen-bond acceptors (Lipinski definition) is 25. The Morgan fingerprint density at radius 1 is 0.639 bits per heavy atom. The maximum Gasteiger partial charge on any atom is 0.331 e. The molecule has 4 aromatic rings. The summed E-state index contributed by atoms with van der Waals surface area (Å²) >= 11 is 0. The average Bonchev–Trinajstić information content (AvgIpc) is 3.34. The monoisotopic (exact) mass is 1020 g/mol. The van der Waals surface area contributed by atoms with Gasteiger partial charge in [-0.2, -0.15) is 0 Å². The number of carbonyl (C=O) groups excluding carboxylic acids is 1. The quantitative estimate of drug-likeness (QED) is 0.0503. The van der Waals surface area contributed by atoms with E-state index in [0.29, 0.717) is 5.56 Å². The molecule has 0 amide bonds. The number of ether oxygens (including phenoxy) is 9. The van der Waals surface area contributed by atoms with Crippen molar-refractivity contribution >= 4 is 23.0 Å². The van der Waals surface area contributed by atoms with Crippen LogP contribution in [-0.4, -0.2) is 202 Å². The molecule has 4 saturated heterocycles. The SMILES string of the molecule is C[C@@H]1O[C@H](OC[C@@H]2O[C@@H](Oc3c(-c4ccc(O)cc4)oc4cc(O)cc(O)c4c3=O)[C@H](O[C@@H]3O[C@@H](C)[C@@H](O)[C@@H](O)[C@@H]3O)[C@H](O)[C@H]2OC(=O)C=Cc2ccc(O)cc2)[C@@H](O)[C@H](O[C@H]2OC[C@H](O)[C@@H](O)[C@@H]2O)[C@H]1O. The first-order chi connectivity index (χ1) is 34.2. The van der Waals surface area contributed by atoms with E-state index in [1.165, 1.54) is 68.5 Å². The fourth-order valence-corrected chi connectivity index (χ4v) is 8.45. The second kappa shape index (κ2) is 21.9. The summed E-state index contributed by atoms with van der Waals surface area (Å²) in [6, 6.07) is 12.6. The molecule has 0 radical (unpaired) electrons. The van der Waals surface area contributed by atoms with Crippen LogP contribution in [0, 0.1) is 0 Å². The van der Waals surface area contributed by atoms with Crippen molar-refractivity contribution in [2.24, 2.45) is 0 Å². The first-order valence-electron chi connectivity index (χ1n) is 22.5. The van der Waals surface area contributed by atoms with E-state index in [0.717, 1.165) is 18.2 Å². The lowest BCUT2D eigenvalue weighted by molar-refractivity contribution is -0.365. The molecule has 3 aromatic carbocycles. The number of aliphatic hydroxyl groups is 9. The molecule has 4 aliphatic rings. The number of esters is 1. The Morgan fingerprint density at radius 2 is 1.26 bits per heavy atom. The van der Waals surface area contributed by atoms with Crippen molar-refractivity contribution in [1.29, 1.82) is 0 Å². The third kappa shape index (κ3) is 11.0. The minimum Gasteiger partial charge on any atom is -0.508 e. The highest BCUT2D eigenvalue weighted by Gasteiger charge is 2.54. The molecule has 392 valence electrons. The second-order valence-corrected chi connectivity index (χ2v) is 17.6. The number of hydrogen-bond donors (Lipinski definition) is 13. The van der Waals surface area contributed by atoms with Gasteiger partial charge in [0.05, 0.1) is 25.4 Å². The fraction of sp³-hybridized carbons (Fsp3) is 0.489. The molecular formula is C47H54O25. The van der Waals surface area contributed by atoms with Crippen LogP contribution in [0.5, 0.6) is 28.7 Å². The van der Waals surface area contributed by atoms with Crippen LogP contribution in [0.25, 0.3) is 28.4 Å². The van der Waals surface area contributed by atoms with Gasteiger partial charge in [0.2, 0.25) is 17.5 Å². The van der Waals surface area contributed by atoms with Crippen molar-refractivity contribution in [3.8, 4) is 40.1 Å². The Balaban J connectivity index is 1.17. The minimum absolute atomic E-state index is 0.0634. The van der Waals surface area contributed by atoms with Crippen molar-refractivity contribution in [3.63, 3.8) is 0 Å². The Bertz CT molecular complexity index is 2590. The molecule has 4 fully saturated rings. The van der Waals surface area contributed by atoms with Crippen molar-refractivity contribution < 1.29 is 118 Å². The van der Waals surface area contributed by atoms with Crippen LogP contribution in [0.1, 0.15) is 19.4 Å². The minimum atomic E-state index is -2.17. The highest BCUT2D eigenvalue weighted by Crippen LogP contribution is 2.39. The van der Waals surface area contributed by atoms with Crippen LogP contribution in [0.4, 0.5) is 0 Å². The van der Waals surface area contributed by atoms with Gasteiger partial charge in [-0.3, -0.25) is 4.79 Å². The molecular weight excluding hydrogens is 964 g/mol. The lowest BCUT2D eigenvalue weighted by atomic mass is 9.97. The van der Waals surface area contributed by atoms with Gasteiger partial charge in [0.25, 0.3) is 0 Å². The van der Waals surface area contributed by atoms with Crippen LogP contribution in [-0.2, 0) is 42.7 Å². The maximum atomic E-state index is 14.5. The Kier molecular flexibility index (Phi) is 16.0. The second-order valence-electron chi connectivity index (χ2n) is 17.6. The molecule has 72 heavy (non-hydrogen) atoms. The number of carbonyl (C=O) groups is 1. The fourth-order valence-electron chi connectivity index (χ4n) is 8.45. The molecule has 0 aliphatic carbocycles. The molecule has 5 heterocycles. The molecule has 0 bridgehead atoms. The summed E-state index contributed by atoms with van der Waals surface area (Å²) in [5.74, 6) is -3.80. The van der Waals surface area contributed by atoms with Crippen LogP contribution in [0.2, 0.25) is 0 Å². The third-order valence-corrected chi connectivity index (χ3v) is 12.5. The van der Waals surface area contributed by atoms with E-state index in [4.69, 9.17) is 47.0 Å². The Morgan fingerprint density at radius 3 is 1.96 bits per heavy atom. The zero-order valence-corrected chi connectivity index (χ0v) is 38.0. The smallest absolute Gasteiger partial charge is 0.331 e. The summed E-state index contributed by atoms with van der Waals surface area (Å²) in [7, 11) is 0. The summed E-state index contributed by atoms with van der Waals surface area (Å²) in [4.78, 5) is 28.1. The standard InChI is InChI=1S/C47H54O25/c1-17-30(54)34(58)36(60)46(66-17)72-43-37(61)40(69-28(53)12-5-19-3-8-21(48)9-4-19)27(16-64-45-38(62)41(31(55)18(2)65-45)70-44-35(59)32(56)25(52)15-63-44)68-47(43)71-42-33(57)29-24(51)13-23(50)14-26(29)67-39(42)20-6-10-22(49)11-7-20/h3-14,17-18,25,27,30-32,34-38,40-41,43-52,54-56,58-62H,15-16H2,1-2H3/t17-,18-,25-,27-,30+,31-,32+,34+,35-,36-,37+,38-,40-,41+,43+,44+,45-,46-,47-/m0/s1. The lowest BCUT2D eigenvalue weighted by Crippen LogP contribution is -2.66. The maximum absolute atomic E-state index is 14.5. The van der Waals surface area contributed by atoms with Gasteiger partial charge < -0.3 is 113 Å². The largest absolute Gasteiger partial charge is 0.508 e. The lowest BCUT2D eigenvalue weighted by Gasteiger charge is -2.47. The molecule has 0 saturated carbocycles. The number of phenolic OH excluding ortho intramolecular Hbond substituents is 4. The predicted octanol–water partition coefficient (Wildman–Crippen LogP) is -2.11. The van der Waals surface area contributed by atoms with Gasteiger partial charge >= 0.3 is 5.97 Å². The summed E-state index contributed by atoms with van der Waals surface area (Å²) in [5, 5.41) is 138. The third-order valence-electron chi connectivity index (χ3n) is 12.5. The van der Waals surface area contributed by atoms with E-state index in [9.17, 15) is 76.0 Å². The van der Waals surface area contributed by atoms with E-state index in [1.54, 1.807) is 0 Å². The summed E-state index contributed by atoms with van der Waals surface area (Å²) < 4.78 is 58.9. The number of benzene rings is 3. The first-order valence-corrected chi connectivity index (χ1v) is 22.5. The number of phenols is 4. The molecule has 19 atom stereocenters. The van der Waals surface area contributed by atoms with Crippen LogP contribution in [0.15, 0.2) is 76.0 Å². The Labute approximate surface area is 406 Å². The highest BCUT2D eigenvalue weighted by atomic mass is 16.8. The van der Waals surface area contributed by atoms with Gasteiger partial charge in [0.1, 0.15) is 101 Å². The van der Waals surface area contributed by atoms with Gasteiger partial charge in [-0.25, -0.2) is 4.79 Å². The van der Waals surface area contributed by atoms with E-state index in [-0.39, 0.29) is 22.6 Å². The van der Waals surface area contributed by atoms with Crippen molar-refractivity contribution in [2.45, 2.75) is 131 Å². The Hall–Kier alpha value is -5.56. The molecule has 4 aliphatic heterocycles. The highest BCUT2D eigenvalue weighted by molar-refractivity contribution is 5.88. The van der Waals surface area contributed by atoms with E-state index >= 15 is 0 Å². The van der Waals surface area contributed by atoms with Crippen molar-refractivity contribution in [3.05, 3.63) is 82.5 Å². The number of aliphatic hydroxyl groups excluding tert-OH is 9. The predicted molar refractivity (Wildman–Crippen MR) is 237 cm³/mol. The molecule has 1 aromatic heterocycles. The van der Waals surface area contributed by atoms with Gasteiger partial charge in [-0.1, -0.05) is 12.1 Å². The molecule has 8 rings (SSSR count). The molecule has 13 N–H and O–H groups in total. The summed E-state index contributed by atoms with van der Waals surface area (Å²) in [5.41, 5.74) is -0.945. The topological polar surface area (TPSA) is 393 Å². The van der Waals surface area contributed by atoms with Gasteiger partial charge in [-0.05, 0) is 61.9 Å². The number of aromatic hydroxyl groups is 4. The van der Waals surface area contributed by atoms with Gasteiger partial charge in [-0.15, -0.1) is 0 Å². The molecule has 25 heteroatoms. The van der Waals surface area contributed by atoms with Crippen LogP contribution < -0.4 is 10.2 Å². The van der Waals surface area contributed by atoms with Gasteiger partial charge in [0.15, 0.2) is 36.8 Å². The molecule has 0 unspecified atom stereocenters. The van der Waals surface area contributed by atoms with Crippen molar-refractivity contribution in [1.82, 2.24) is 0 Å². The molecule has 25 nitrogen and oxygen atoms in total. The number of rotatable bonds is 13. The summed E-state index contributed by atoms with van der Waals surface area (Å²) in [6.45, 7) is 1.38. The zero-order valence-electron chi connectivity index (χ0n) is 38.0. The average molecular weight is 1020 g/mol. The normalized spacial score (nSPS) is 36.3. The first kappa shape index (κ1) is 52.8. The van der Waals surface area contributed by atoms with E-state index in [2.05, 4.69) is 0 Å². The van der Waals surface area contributed by atoms with Crippen LogP contribution >= 0.6 is 0 Å².